The fraction of sp³-hybridized carbons (Fsp3) is 0.222. The first-order chi connectivity index (χ1) is 5.88. The summed E-state index contributed by atoms with van der Waals surface area (Å²) < 4.78 is 4.79. The molecule has 3 heteroatoms. The molecule has 0 atom stereocenters. The van der Waals surface area contributed by atoms with E-state index >= 15 is 0 Å². The number of carbonyl (C=O) groups excluding carboxylic acids is 1. The Labute approximate surface area is 70.6 Å². The molecule has 1 aromatic rings. The summed E-state index contributed by atoms with van der Waals surface area (Å²) in [4.78, 5) is 12.7. The molecule has 2 rings (SSSR count). The van der Waals surface area contributed by atoms with Crippen molar-refractivity contribution in [3.8, 4) is 0 Å². The van der Waals surface area contributed by atoms with Crippen molar-refractivity contribution in [2.45, 2.75) is 0 Å². The van der Waals surface area contributed by atoms with E-state index in [0.717, 1.165) is 5.69 Å². The van der Waals surface area contributed by atoms with Gasteiger partial charge in [0.25, 0.3) is 0 Å². The molecule has 0 spiro atoms. The Morgan fingerprint density at radius 2 is 2.50 bits per heavy atom. The van der Waals surface area contributed by atoms with Crippen LogP contribution < -0.4 is 4.90 Å². The van der Waals surface area contributed by atoms with E-state index in [0.29, 0.717) is 13.2 Å². The van der Waals surface area contributed by atoms with Crippen LogP contribution in [-0.2, 0) is 4.74 Å². The lowest BCUT2D eigenvalue weighted by Crippen LogP contribution is -2.22. The van der Waals surface area contributed by atoms with Gasteiger partial charge in [-0.25, -0.2) is 4.79 Å². The molecule has 1 heterocycles. The highest BCUT2D eigenvalue weighted by molar-refractivity contribution is 5.89. The number of ether oxygens (including phenoxy) is 1. The van der Waals surface area contributed by atoms with Gasteiger partial charge in [0.05, 0.1) is 6.54 Å². The summed E-state index contributed by atoms with van der Waals surface area (Å²) in [6.45, 7) is 1.12. The molecule has 0 saturated carbocycles. The Balaban J connectivity index is 2.25. The molecular weight excluding hydrogens is 154 g/mol. The van der Waals surface area contributed by atoms with Crippen molar-refractivity contribution in [3.05, 3.63) is 30.3 Å². The number of benzene rings is 1. The van der Waals surface area contributed by atoms with Crippen LogP contribution in [0.4, 0.5) is 10.5 Å². The van der Waals surface area contributed by atoms with Gasteiger partial charge < -0.3 is 4.74 Å². The van der Waals surface area contributed by atoms with Gasteiger partial charge >= 0.3 is 6.09 Å². The maximum absolute atomic E-state index is 11.1. The normalized spacial score (nSPS) is 16.3. The monoisotopic (exact) mass is 162 g/mol. The van der Waals surface area contributed by atoms with Crippen LogP contribution in [0.5, 0.6) is 0 Å². The predicted molar refractivity (Wildman–Crippen MR) is 44.0 cm³/mol. The van der Waals surface area contributed by atoms with Crippen LogP contribution >= 0.6 is 0 Å². The number of nitrogens with zero attached hydrogens (tertiary/aromatic N) is 1. The first-order valence-corrected chi connectivity index (χ1v) is 3.78. The molecule has 12 heavy (non-hydrogen) atoms. The standard InChI is InChI=1S/C9H8NO2/c11-9-10(6-7-12-9)8-4-2-1-3-5-8/h1-2,4-5H,6-7H2. The summed E-state index contributed by atoms with van der Waals surface area (Å²) in [6.07, 6.45) is -0.269. The van der Waals surface area contributed by atoms with Crippen LogP contribution in [0.25, 0.3) is 0 Å². The highest BCUT2D eigenvalue weighted by Crippen LogP contribution is 2.16. The van der Waals surface area contributed by atoms with Gasteiger partial charge in [0.15, 0.2) is 0 Å². The molecule has 0 N–H and O–H groups in total. The van der Waals surface area contributed by atoms with E-state index in [4.69, 9.17) is 4.74 Å². The second-order valence-electron chi connectivity index (χ2n) is 2.53. The molecule has 0 unspecified atom stereocenters. The molecule has 1 saturated heterocycles. The molecule has 1 radical (unpaired) electrons. The Hall–Kier alpha value is -1.51. The van der Waals surface area contributed by atoms with Crippen molar-refractivity contribution < 1.29 is 9.53 Å². The Morgan fingerprint density at radius 3 is 3.08 bits per heavy atom. The summed E-state index contributed by atoms with van der Waals surface area (Å²) >= 11 is 0. The minimum Gasteiger partial charge on any atom is -0.447 e. The molecule has 61 valence electrons. The quantitative estimate of drug-likeness (QED) is 0.625. The van der Waals surface area contributed by atoms with Crippen LogP contribution in [0, 0.1) is 6.07 Å². The topological polar surface area (TPSA) is 29.5 Å². The first kappa shape index (κ1) is 7.16. The third-order valence-corrected chi connectivity index (χ3v) is 1.76. The SMILES string of the molecule is O=C1OCCN1c1c[c]ccc1. The van der Waals surface area contributed by atoms with Crippen molar-refractivity contribution in [1.82, 2.24) is 0 Å². The van der Waals surface area contributed by atoms with Crippen molar-refractivity contribution in [1.29, 1.82) is 0 Å². The van der Waals surface area contributed by atoms with E-state index in [2.05, 4.69) is 6.07 Å². The molecule has 0 aromatic heterocycles. The molecular formula is C9H8NO2. The minimum absolute atomic E-state index is 0.269. The number of amides is 1. The lowest BCUT2D eigenvalue weighted by molar-refractivity contribution is 0.181. The summed E-state index contributed by atoms with van der Waals surface area (Å²) in [5.74, 6) is 0. The van der Waals surface area contributed by atoms with Gasteiger partial charge in [-0.1, -0.05) is 12.1 Å². The smallest absolute Gasteiger partial charge is 0.414 e. The number of rotatable bonds is 1. The number of cyclic esters (lactones) is 1. The Kier molecular flexibility index (Phi) is 1.70. The Bertz CT molecular complexity index is 284. The summed E-state index contributed by atoms with van der Waals surface area (Å²) in [7, 11) is 0. The van der Waals surface area contributed by atoms with Crippen molar-refractivity contribution >= 4 is 11.8 Å². The molecule has 1 aliphatic heterocycles. The highest BCUT2D eigenvalue weighted by atomic mass is 16.6. The fourth-order valence-electron chi connectivity index (χ4n) is 1.18. The molecule has 0 bridgehead atoms. The maximum Gasteiger partial charge on any atom is 0.414 e. The number of anilines is 1. The third-order valence-electron chi connectivity index (χ3n) is 1.76. The first-order valence-electron chi connectivity index (χ1n) is 3.78. The lowest BCUT2D eigenvalue weighted by Gasteiger charge is -2.11. The lowest BCUT2D eigenvalue weighted by atomic mass is 10.3. The average molecular weight is 162 g/mol. The number of carbonyl (C=O) groups is 1. The fourth-order valence-corrected chi connectivity index (χ4v) is 1.18. The van der Waals surface area contributed by atoms with Gasteiger partial charge in [0.2, 0.25) is 0 Å². The van der Waals surface area contributed by atoms with Crippen LogP contribution in [-0.4, -0.2) is 19.2 Å². The van der Waals surface area contributed by atoms with Crippen molar-refractivity contribution in [2.75, 3.05) is 18.1 Å². The highest BCUT2D eigenvalue weighted by Gasteiger charge is 2.22. The van der Waals surface area contributed by atoms with Gasteiger partial charge in [0, 0.05) is 5.69 Å². The zero-order valence-corrected chi connectivity index (χ0v) is 6.49. The third kappa shape index (κ3) is 1.13. The summed E-state index contributed by atoms with van der Waals surface area (Å²) in [5.41, 5.74) is 0.847. The van der Waals surface area contributed by atoms with Gasteiger partial charge in [-0.15, -0.1) is 0 Å². The van der Waals surface area contributed by atoms with Gasteiger partial charge in [-0.3, -0.25) is 4.90 Å². The predicted octanol–water partition coefficient (Wildman–Crippen LogP) is 1.44. The summed E-state index contributed by atoms with van der Waals surface area (Å²) in [6, 6.07) is 10.2. The van der Waals surface area contributed by atoms with Crippen LogP contribution in [0.2, 0.25) is 0 Å². The second kappa shape index (κ2) is 2.85. The largest absolute Gasteiger partial charge is 0.447 e. The summed E-state index contributed by atoms with van der Waals surface area (Å²) in [5, 5.41) is 0. The van der Waals surface area contributed by atoms with E-state index in [1.54, 1.807) is 17.0 Å². The number of hydrogen-bond donors (Lipinski definition) is 0. The van der Waals surface area contributed by atoms with Gasteiger partial charge in [-0.2, -0.15) is 0 Å². The molecule has 1 amide bonds. The van der Waals surface area contributed by atoms with Crippen molar-refractivity contribution in [2.24, 2.45) is 0 Å². The van der Waals surface area contributed by atoms with Crippen molar-refractivity contribution in [3.63, 3.8) is 0 Å². The van der Waals surface area contributed by atoms with E-state index in [9.17, 15) is 4.79 Å². The van der Waals surface area contributed by atoms with E-state index < -0.39 is 0 Å². The van der Waals surface area contributed by atoms with Crippen LogP contribution in [0.15, 0.2) is 24.3 Å². The molecule has 1 fully saturated rings. The van der Waals surface area contributed by atoms with Gasteiger partial charge in [-0.05, 0) is 18.2 Å². The molecule has 0 aliphatic carbocycles. The van der Waals surface area contributed by atoms with E-state index in [-0.39, 0.29) is 6.09 Å². The maximum atomic E-state index is 11.1. The second-order valence-corrected chi connectivity index (χ2v) is 2.53. The average Bonchev–Trinajstić information content (AvgIpc) is 2.53. The zero-order valence-electron chi connectivity index (χ0n) is 6.49. The van der Waals surface area contributed by atoms with Crippen LogP contribution in [0.3, 0.4) is 0 Å². The van der Waals surface area contributed by atoms with Crippen LogP contribution in [0.1, 0.15) is 0 Å². The Morgan fingerprint density at radius 1 is 1.58 bits per heavy atom. The molecule has 3 nitrogen and oxygen atoms in total. The van der Waals surface area contributed by atoms with E-state index in [1.165, 1.54) is 0 Å². The minimum atomic E-state index is -0.269. The number of hydrogen-bond acceptors (Lipinski definition) is 2. The van der Waals surface area contributed by atoms with Gasteiger partial charge in [0.1, 0.15) is 6.61 Å². The van der Waals surface area contributed by atoms with E-state index in [1.807, 2.05) is 12.1 Å². The molecule has 1 aliphatic rings. The zero-order chi connectivity index (χ0) is 8.39. The molecule has 1 aromatic carbocycles.